The smallest absolute Gasteiger partial charge is 0.214 e. The summed E-state index contributed by atoms with van der Waals surface area (Å²) in [6, 6.07) is 11.9. The zero-order chi connectivity index (χ0) is 18.8. The lowest BCUT2D eigenvalue weighted by Gasteiger charge is -2.12. The van der Waals surface area contributed by atoms with Gasteiger partial charge in [0, 0.05) is 5.56 Å². The minimum absolute atomic E-state index is 0.0771. The molecule has 3 aromatic rings. The summed E-state index contributed by atoms with van der Waals surface area (Å²) >= 11 is 1.37. The van der Waals surface area contributed by atoms with E-state index in [4.69, 9.17) is 0 Å². The Bertz CT molecular complexity index is 964. The fourth-order valence-corrected chi connectivity index (χ4v) is 3.67. The van der Waals surface area contributed by atoms with Crippen molar-refractivity contribution in [1.82, 2.24) is 20.2 Å². The number of hydrogen-bond acceptors (Lipinski definition) is 5. The van der Waals surface area contributed by atoms with E-state index in [0.717, 1.165) is 22.4 Å². The zero-order valence-electron chi connectivity index (χ0n) is 15.6. The van der Waals surface area contributed by atoms with Gasteiger partial charge in [-0.15, -0.1) is 5.10 Å². The molecule has 0 fully saturated rings. The van der Waals surface area contributed by atoms with Crippen molar-refractivity contribution < 1.29 is 4.79 Å². The number of ketones is 1. The lowest BCUT2D eigenvalue weighted by atomic mass is 10.0. The molecule has 0 amide bonds. The van der Waals surface area contributed by atoms with Gasteiger partial charge in [0.2, 0.25) is 5.16 Å². The Kier molecular flexibility index (Phi) is 5.23. The molecule has 0 radical (unpaired) electrons. The highest BCUT2D eigenvalue weighted by atomic mass is 32.2. The maximum absolute atomic E-state index is 12.8. The van der Waals surface area contributed by atoms with E-state index in [1.165, 1.54) is 22.9 Å². The van der Waals surface area contributed by atoms with Crippen LogP contribution >= 0.6 is 11.8 Å². The van der Waals surface area contributed by atoms with E-state index in [-0.39, 0.29) is 11.0 Å². The lowest BCUT2D eigenvalue weighted by molar-refractivity contribution is 0.0993. The van der Waals surface area contributed by atoms with Gasteiger partial charge in [0.1, 0.15) is 0 Å². The van der Waals surface area contributed by atoms with Gasteiger partial charge in [-0.25, -0.2) is 0 Å². The van der Waals surface area contributed by atoms with Gasteiger partial charge in [-0.2, -0.15) is 4.68 Å². The molecule has 0 unspecified atom stereocenters. The first-order chi connectivity index (χ1) is 12.4. The van der Waals surface area contributed by atoms with Gasteiger partial charge in [-0.3, -0.25) is 4.79 Å². The highest BCUT2D eigenvalue weighted by Crippen LogP contribution is 2.27. The van der Waals surface area contributed by atoms with Crippen molar-refractivity contribution in [2.24, 2.45) is 0 Å². The van der Waals surface area contributed by atoms with E-state index < -0.39 is 0 Å². The molecule has 0 saturated heterocycles. The topological polar surface area (TPSA) is 60.7 Å². The van der Waals surface area contributed by atoms with Crippen molar-refractivity contribution in [2.45, 2.75) is 45.0 Å². The highest BCUT2D eigenvalue weighted by molar-refractivity contribution is 8.00. The molecule has 26 heavy (non-hydrogen) atoms. The molecular formula is C20H22N4OS. The third kappa shape index (κ3) is 3.70. The molecule has 0 spiro atoms. The standard InChI is InChI=1S/C20H22N4OS/c1-12-6-9-18(15(4)10-12)24-20(21-22-23-24)26-16(5)19(25)17-8-7-13(2)14(3)11-17/h6-11,16H,1-5H3/t16-/m0/s1. The molecule has 5 nitrogen and oxygen atoms in total. The number of carbonyl (C=O) groups is 1. The normalized spacial score (nSPS) is 12.2. The number of rotatable bonds is 5. The van der Waals surface area contributed by atoms with Crippen molar-refractivity contribution in [3.63, 3.8) is 0 Å². The number of carbonyl (C=O) groups excluding carboxylic acids is 1. The number of benzene rings is 2. The van der Waals surface area contributed by atoms with Crippen LogP contribution in [0.4, 0.5) is 0 Å². The van der Waals surface area contributed by atoms with Gasteiger partial charge in [0.15, 0.2) is 5.78 Å². The Morgan fingerprint density at radius 1 is 1.00 bits per heavy atom. The van der Waals surface area contributed by atoms with E-state index in [1.807, 2.05) is 58.0 Å². The summed E-state index contributed by atoms with van der Waals surface area (Å²) in [6.45, 7) is 10.0. The predicted octanol–water partition coefficient (Wildman–Crippen LogP) is 4.26. The van der Waals surface area contributed by atoms with Gasteiger partial charge in [0.05, 0.1) is 10.9 Å². The molecule has 0 bridgehead atoms. The summed E-state index contributed by atoms with van der Waals surface area (Å²) < 4.78 is 1.70. The lowest BCUT2D eigenvalue weighted by Crippen LogP contribution is -2.15. The van der Waals surface area contributed by atoms with Crippen LogP contribution in [0.3, 0.4) is 0 Å². The fourth-order valence-electron chi connectivity index (χ4n) is 2.79. The molecular weight excluding hydrogens is 344 g/mol. The number of thioether (sulfide) groups is 1. The van der Waals surface area contributed by atoms with Crippen LogP contribution in [0.2, 0.25) is 0 Å². The van der Waals surface area contributed by atoms with Crippen LogP contribution in [0.5, 0.6) is 0 Å². The Hall–Kier alpha value is -2.47. The molecule has 0 aliphatic heterocycles. The maximum atomic E-state index is 12.8. The Balaban J connectivity index is 1.84. The van der Waals surface area contributed by atoms with Crippen LogP contribution < -0.4 is 0 Å². The summed E-state index contributed by atoms with van der Waals surface area (Å²) in [4.78, 5) is 12.8. The van der Waals surface area contributed by atoms with Crippen LogP contribution in [0.25, 0.3) is 5.69 Å². The average molecular weight is 366 g/mol. The van der Waals surface area contributed by atoms with Crippen molar-refractivity contribution in [2.75, 3.05) is 0 Å². The number of aryl methyl sites for hydroxylation is 4. The van der Waals surface area contributed by atoms with Gasteiger partial charge < -0.3 is 0 Å². The maximum Gasteiger partial charge on any atom is 0.214 e. The van der Waals surface area contributed by atoms with Crippen molar-refractivity contribution in [3.05, 3.63) is 64.2 Å². The Labute approximate surface area is 157 Å². The van der Waals surface area contributed by atoms with Crippen LogP contribution in [0.15, 0.2) is 41.6 Å². The summed E-state index contributed by atoms with van der Waals surface area (Å²) in [5.74, 6) is 0.0771. The second kappa shape index (κ2) is 7.41. The van der Waals surface area contributed by atoms with Crippen LogP contribution in [-0.4, -0.2) is 31.2 Å². The second-order valence-corrected chi connectivity index (χ2v) is 7.89. The van der Waals surface area contributed by atoms with Gasteiger partial charge in [0.25, 0.3) is 0 Å². The molecule has 0 aliphatic carbocycles. The predicted molar refractivity (Wildman–Crippen MR) is 104 cm³/mol. The van der Waals surface area contributed by atoms with E-state index in [2.05, 4.69) is 28.5 Å². The van der Waals surface area contributed by atoms with Gasteiger partial charge in [-0.05, 0) is 73.9 Å². The summed E-state index contributed by atoms with van der Waals surface area (Å²) in [7, 11) is 0. The quantitative estimate of drug-likeness (QED) is 0.499. The van der Waals surface area contributed by atoms with Gasteiger partial charge in [-0.1, -0.05) is 41.6 Å². The molecule has 1 heterocycles. The minimum atomic E-state index is -0.285. The average Bonchev–Trinajstić information content (AvgIpc) is 3.04. The molecule has 0 aliphatic rings. The van der Waals surface area contributed by atoms with Crippen LogP contribution in [-0.2, 0) is 0 Å². The van der Waals surface area contributed by atoms with Crippen molar-refractivity contribution in [3.8, 4) is 5.69 Å². The Morgan fingerprint density at radius 2 is 1.77 bits per heavy atom. The van der Waals surface area contributed by atoms with Crippen molar-refractivity contribution in [1.29, 1.82) is 0 Å². The van der Waals surface area contributed by atoms with E-state index in [9.17, 15) is 4.79 Å². The molecule has 0 N–H and O–H groups in total. The minimum Gasteiger partial charge on any atom is -0.293 e. The monoisotopic (exact) mass is 366 g/mol. The van der Waals surface area contributed by atoms with E-state index in [0.29, 0.717) is 5.16 Å². The number of nitrogens with zero attached hydrogens (tertiary/aromatic N) is 4. The third-order valence-corrected chi connectivity index (χ3v) is 5.50. The molecule has 0 saturated carbocycles. The number of Topliss-reactive ketones (excluding diaryl/α,β-unsaturated/α-hetero) is 1. The zero-order valence-corrected chi connectivity index (χ0v) is 16.5. The third-order valence-electron chi connectivity index (χ3n) is 4.46. The molecule has 1 aromatic heterocycles. The number of aromatic nitrogens is 4. The first-order valence-corrected chi connectivity index (χ1v) is 9.39. The van der Waals surface area contributed by atoms with E-state index >= 15 is 0 Å². The van der Waals surface area contributed by atoms with Gasteiger partial charge >= 0.3 is 0 Å². The molecule has 3 rings (SSSR count). The summed E-state index contributed by atoms with van der Waals surface area (Å²) in [6.07, 6.45) is 0. The SMILES string of the molecule is Cc1ccc(-n2nnnc2S[C@@H](C)C(=O)c2ccc(C)c(C)c2)c(C)c1. The largest absolute Gasteiger partial charge is 0.293 e. The molecule has 6 heteroatoms. The first kappa shape index (κ1) is 18.3. The van der Waals surface area contributed by atoms with E-state index in [1.54, 1.807) is 4.68 Å². The van der Waals surface area contributed by atoms with Crippen LogP contribution in [0.1, 0.15) is 39.5 Å². The second-order valence-electron chi connectivity index (χ2n) is 6.59. The Morgan fingerprint density at radius 3 is 2.46 bits per heavy atom. The first-order valence-electron chi connectivity index (χ1n) is 8.51. The molecule has 134 valence electrons. The van der Waals surface area contributed by atoms with Crippen LogP contribution in [0, 0.1) is 27.7 Å². The highest BCUT2D eigenvalue weighted by Gasteiger charge is 2.21. The summed E-state index contributed by atoms with van der Waals surface area (Å²) in [5, 5.41) is 12.4. The number of hydrogen-bond donors (Lipinski definition) is 0. The number of tetrazole rings is 1. The fraction of sp³-hybridized carbons (Fsp3) is 0.300. The van der Waals surface area contributed by atoms with Crippen molar-refractivity contribution >= 4 is 17.5 Å². The molecule has 1 atom stereocenters. The summed E-state index contributed by atoms with van der Waals surface area (Å²) in [5.41, 5.74) is 6.22. The molecule has 2 aromatic carbocycles.